The number of pyridine rings is 1. The fraction of sp³-hybridized carbons (Fsp3) is 0.462. The molecular weight excluding hydrogens is 244 g/mol. The molecule has 0 atom stereocenters. The van der Waals surface area contributed by atoms with E-state index < -0.39 is 0 Å². The minimum atomic E-state index is -0.272. The Balaban J connectivity index is 1.52. The maximum atomic E-state index is 11.6. The van der Waals surface area contributed by atoms with Crippen LogP contribution in [-0.4, -0.2) is 23.5 Å². The van der Waals surface area contributed by atoms with Crippen LogP contribution in [0.25, 0.3) is 0 Å². The second-order valence-electron chi connectivity index (χ2n) is 4.69. The summed E-state index contributed by atoms with van der Waals surface area (Å²) in [6.45, 7) is 0.954. The van der Waals surface area contributed by atoms with Gasteiger partial charge in [-0.1, -0.05) is 11.2 Å². The summed E-state index contributed by atoms with van der Waals surface area (Å²) in [7, 11) is 0. The van der Waals surface area contributed by atoms with E-state index in [9.17, 15) is 4.79 Å². The van der Waals surface area contributed by atoms with Gasteiger partial charge >= 0.3 is 6.03 Å². The van der Waals surface area contributed by atoms with E-state index in [0.717, 1.165) is 18.5 Å². The number of nitrogens with one attached hydrogen (secondary N) is 2. The van der Waals surface area contributed by atoms with Crippen LogP contribution in [-0.2, 0) is 24.2 Å². The van der Waals surface area contributed by atoms with E-state index in [4.69, 9.17) is 4.84 Å². The van der Waals surface area contributed by atoms with Crippen LogP contribution >= 0.6 is 0 Å². The molecule has 2 aliphatic rings. The molecule has 0 saturated heterocycles. The SMILES string of the molecule is O=C(NCc1ccc2c(n1)CCC2)NC1=NOCC1. The highest BCUT2D eigenvalue weighted by atomic mass is 16.6. The molecule has 1 aliphatic carbocycles. The Morgan fingerprint density at radius 1 is 1.32 bits per heavy atom. The van der Waals surface area contributed by atoms with Gasteiger partial charge < -0.3 is 10.2 Å². The highest BCUT2D eigenvalue weighted by molar-refractivity contribution is 5.97. The summed E-state index contributed by atoms with van der Waals surface area (Å²) in [5.74, 6) is 0.569. The summed E-state index contributed by atoms with van der Waals surface area (Å²) in [6, 6.07) is 3.81. The average molecular weight is 260 g/mol. The van der Waals surface area contributed by atoms with Gasteiger partial charge in [-0.15, -0.1) is 0 Å². The second kappa shape index (κ2) is 5.26. The van der Waals surface area contributed by atoms with E-state index in [0.29, 0.717) is 25.4 Å². The number of nitrogens with zero attached hydrogens (tertiary/aromatic N) is 2. The first kappa shape index (κ1) is 12.0. The fourth-order valence-electron chi connectivity index (χ4n) is 2.31. The zero-order valence-corrected chi connectivity index (χ0v) is 10.6. The third-order valence-electron chi connectivity index (χ3n) is 3.28. The zero-order valence-electron chi connectivity index (χ0n) is 10.6. The van der Waals surface area contributed by atoms with Crippen molar-refractivity contribution >= 4 is 11.9 Å². The Morgan fingerprint density at radius 3 is 3.11 bits per heavy atom. The number of urea groups is 1. The lowest BCUT2D eigenvalue weighted by atomic mass is 10.2. The van der Waals surface area contributed by atoms with Crippen LogP contribution in [0.5, 0.6) is 0 Å². The van der Waals surface area contributed by atoms with Crippen LogP contribution in [0.15, 0.2) is 17.3 Å². The Kier molecular flexibility index (Phi) is 3.31. The van der Waals surface area contributed by atoms with Crippen molar-refractivity contribution in [3.8, 4) is 0 Å². The van der Waals surface area contributed by atoms with Crippen LogP contribution in [0.1, 0.15) is 29.8 Å². The summed E-state index contributed by atoms with van der Waals surface area (Å²) in [6.07, 6.45) is 3.99. The van der Waals surface area contributed by atoms with Gasteiger partial charge in [-0.3, -0.25) is 10.3 Å². The van der Waals surface area contributed by atoms with Crippen molar-refractivity contribution in [2.24, 2.45) is 5.16 Å². The third kappa shape index (κ3) is 2.83. The van der Waals surface area contributed by atoms with Gasteiger partial charge in [-0.05, 0) is 30.9 Å². The van der Waals surface area contributed by atoms with Crippen LogP contribution in [0.2, 0.25) is 0 Å². The van der Waals surface area contributed by atoms with Crippen molar-refractivity contribution in [1.29, 1.82) is 0 Å². The molecule has 0 spiro atoms. The molecule has 2 amide bonds. The Morgan fingerprint density at radius 2 is 2.26 bits per heavy atom. The smallest absolute Gasteiger partial charge is 0.320 e. The van der Waals surface area contributed by atoms with Crippen molar-refractivity contribution < 1.29 is 9.63 Å². The first-order valence-electron chi connectivity index (χ1n) is 6.52. The molecule has 6 heteroatoms. The summed E-state index contributed by atoms with van der Waals surface area (Å²) in [5, 5.41) is 9.12. The first-order chi connectivity index (χ1) is 9.31. The molecule has 2 N–H and O–H groups in total. The number of hydrogen-bond donors (Lipinski definition) is 2. The molecule has 6 nitrogen and oxygen atoms in total. The number of carbonyl (C=O) groups is 1. The second-order valence-corrected chi connectivity index (χ2v) is 4.69. The number of fused-ring (bicyclic) bond motifs is 1. The molecule has 0 aromatic carbocycles. The lowest BCUT2D eigenvalue weighted by Crippen LogP contribution is -2.38. The highest BCUT2D eigenvalue weighted by Gasteiger charge is 2.14. The summed E-state index contributed by atoms with van der Waals surface area (Å²) >= 11 is 0. The standard InChI is InChI=1S/C13H16N4O2/c18-13(16-12-6-7-19-17-12)14-8-10-5-4-9-2-1-3-11(9)15-10/h4-5H,1-3,6-8H2,(H2,14,16,17,18). The van der Waals surface area contributed by atoms with Crippen LogP contribution in [0, 0.1) is 0 Å². The van der Waals surface area contributed by atoms with E-state index >= 15 is 0 Å². The van der Waals surface area contributed by atoms with Gasteiger partial charge in [-0.2, -0.15) is 0 Å². The quantitative estimate of drug-likeness (QED) is 0.836. The van der Waals surface area contributed by atoms with E-state index in [1.165, 1.54) is 17.7 Å². The molecule has 0 unspecified atom stereocenters. The maximum Gasteiger partial charge on any atom is 0.320 e. The van der Waals surface area contributed by atoms with E-state index in [1.807, 2.05) is 6.07 Å². The first-order valence-corrected chi connectivity index (χ1v) is 6.52. The lowest BCUT2D eigenvalue weighted by Gasteiger charge is -2.07. The average Bonchev–Trinajstić information content (AvgIpc) is 3.06. The van der Waals surface area contributed by atoms with E-state index in [1.54, 1.807) is 0 Å². The molecule has 3 rings (SSSR count). The molecule has 0 fully saturated rings. The van der Waals surface area contributed by atoms with Crippen molar-refractivity contribution in [1.82, 2.24) is 15.6 Å². The minimum absolute atomic E-state index is 0.272. The summed E-state index contributed by atoms with van der Waals surface area (Å²) in [5.41, 5.74) is 3.40. The van der Waals surface area contributed by atoms with Gasteiger partial charge in [0.05, 0.1) is 12.2 Å². The number of aromatic nitrogens is 1. The number of carbonyl (C=O) groups excluding carboxylic acids is 1. The van der Waals surface area contributed by atoms with Crippen LogP contribution < -0.4 is 10.6 Å². The van der Waals surface area contributed by atoms with Crippen LogP contribution in [0.4, 0.5) is 4.79 Å². The van der Waals surface area contributed by atoms with E-state index in [2.05, 4.69) is 26.8 Å². The van der Waals surface area contributed by atoms with Crippen molar-refractivity contribution in [2.45, 2.75) is 32.2 Å². The highest BCUT2D eigenvalue weighted by Crippen LogP contribution is 2.19. The lowest BCUT2D eigenvalue weighted by molar-refractivity contribution is 0.173. The molecule has 0 bridgehead atoms. The predicted octanol–water partition coefficient (Wildman–Crippen LogP) is 1.10. The van der Waals surface area contributed by atoms with Gasteiger partial charge in [0, 0.05) is 12.1 Å². The molecular formula is C13H16N4O2. The van der Waals surface area contributed by atoms with Gasteiger partial charge in [0.15, 0.2) is 5.84 Å². The number of rotatable bonds is 2. The molecule has 19 heavy (non-hydrogen) atoms. The van der Waals surface area contributed by atoms with Crippen molar-refractivity contribution in [3.63, 3.8) is 0 Å². The van der Waals surface area contributed by atoms with Gasteiger partial charge in [0.25, 0.3) is 0 Å². The number of oxime groups is 1. The third-order valence-corrected chi connectivity index (χ3v) is 3.28. The summed E-state index contributed by atoms with van der Waals surface area (Å²) < 4.78 is 0. The number of amidine groups is 1. The van der Waals surface area contributed by atoms with Crippen molar-refractivity contribution in [3.05, 3.63) is 29.1 Å². The van der Waals surface area contributed by atoms with Gasteiger partial charge in [-0.25, -0.2) is 4.79 Å². The topological polar surface area (TPSA) is 75.6 Å². The van der Waals surface area contributed by atoms with Crippen molar-refractivity contribution in [2.75, 3.05) is 6.61 Å². The molecule has 100 valence electrons. The summed E-state index contributed by atoms with van der Waals surface area (Å²) in [4.78, 5) is 21.0. The monoisotopic (exact) mass is 260 g/mol. The van der Waals surface area contributed by atoms with Crippen LogP contribution in [0.3, 0.4) is 0 Å². The zero-order chi connectivity index (χ0) is 13.1. The number of aryl methyl sites for hydroxylation is 2. The molecule has 2 heterocycles. The van der Waals surface area contributed by atoms with Gasteiger partial charge in [0.2, 0.25) is 0 Å². The molecule has 1 aromatic rings. The molecule has 0 radical (unpaired) electrons. The Bertz CT molecular complexity index is 527. The molecule has 1 aromatic heterocycles. The largest absolute Gasteiger partial charge is 0.394 e. The normalized spacial score (nSPS) is 16.5. The van der Waals surface area contributed by atoms with Gasteiger partial charge in [0.1, 0.15) is 6.61 Å². The molecule has 0 saturated carbocycles. The van der Waals surface area contributed by atoms with E-state index in [-0.39, 0.29) is 6.03 Å². The maximum absolute atomic E-state index is 11.6. The Labute approximate surface area is 111 Å². The minimum Gasteiger partial charge on any atom is -0.394 e. The fourth-order valence-corrected chi connectivity index (χ4v) is 2.31. The Hall–Kier alpha value is -2.11. The molecule has 1 aliphatic heterocycles. The number of amides is 2. The number of hydrogen-bond acceptors (Lipinski definition) is 4. The predicted molar refractivity (Wildman–Crippen MR) is 69.6 cm³/mol.